The second-order valence-corrected chi connectivity index (χ2v) is 34.5. The third kappa shape index (κ3) is 52.2. The smallest absolute Gasteiger partial charge is 0.470 e. The van der Waals surface area contributed by atoms with Crippen LogP contribution in [0.2, 0.25) is 0 Å². The van der Waals surface area contributed by atoms with Crippen molar-refractivity contribution in [3.63, 3.8) is 0 Å². The Kier molecular flexibility index (Phi) is 64.0. The number of hydrogen-bond donors (Lipinski definition) is 10. The van der Waals surface area contributed by atoms with Crippen LogP contribution in [0.3, 0.4) is 0 Å². The van der Waals surface area contributed by atoms with Crippen molar-refractivity contribution in [1.82, 2.24) is 10.6 Å². The number of ether oxygens (including phenoxy) is 8. The normalized spacial score (nSPS) is 20.8. The van der Waals surface area contributed by atoms with E-state index in [-0.39, 0.29) is 38.5 Å². The van der Waals surface area contributed by atoms with Crippen molar-refractivity contribution in [3.05, 3.63) is 0 Å². The van der Waals surface area contributed by atoms with Gasteiger partial charge in [-0.25, -0.2) is 14.2 Å². The number of carboxylic acids is 2. The molecule has 0 aromatic rings. The zero-order chi connectivity index (χ0) is 87.0. The van der Waals surface area contributed by atoms with E-state index in [1.807, 2.05) is 0 Å². The number of aliphatic carboxylic acids is 2. The Labute approximate surface area is 707 Å². The summed E-state index contributed by atoms with van der Waals surface area (Å²) in [6.45, 7) is 9.39. The lowest BCUT2D eigenvalue weighted by molar-refractivity contribution is -0.339. The second kappa shape index (κ2) is 68.9. The molecule has 29 heteroatoms. The largest absolute Gasteiger partial charge is 0.480 e. The average Bonchev–Trinajstić information content (AvgIpc) is 0.770. The summed E-state index contributed by atoms with van der Waals surface area (Å²) in [6.07, 6.45) is 23.2. The first-order chi connectivity index (χ1) is 56.8. The quantitative estimate of drug-likeness (QED) is 0.0117. The van der Waals surface area contributed by atoms with Gasteiger partial charge in [-0.2, -0.15) is 0 Å². The Morgan fingerprint density at radius 1 is 0.466 bits per heavy atom. The predicted molar refractivity (Wildman–Crippen MR) is 451 cm³/mol. The van der Waals surface area contributed by atoms with Gasteiger partial charge in [0.1, 0.15) is 54.9 Å². The van der Waals surface area contributed by atoms with E-state index < -0.39 is 186 Å². The van der Waals surface area contributed by atoms with Crippen LogP contribution in [-0.2, 0) is 85.3 Å². The number of aliphatic hydroxyl groups excluding tert-OH is 4. The van der Waals surface area contributed by atoms with E-state index >= 15 is 9.59 Å². The van der Waals surface area contributed by atoms with Gasteiger partial charge in [-0.05, 0) is 57.8 Å². The molecular formula is C89H163N2O26P. The fourth-order valence-corrected chi connectivity index (χ4v) is 15.9. The highest BCUT2D eigenvalue weighted by Gasteiger charge is 2.58. The summed E-state index contributed by atoms with van der Waals surface area (Å²) >= 11 is 0. The van der Waals surface area contributed by atoms with Crippen LogP contribution in [0.25, 0.3) is 0 Å². The highest BCUT2D eigenvalue weighted by molar-refractivity contribution is 7.46. The summed E-state index contributed by atoms with van der Waals surface area (Å²) in [5.74, 6) is -11.4. The first-order valence-corrected chi connectivity index (χ1v) is 48.1. The number of carbonyl (C=O) groups is 8. The Bertz CT molecular complexity index is 2680. The molecule has 2 fully saturated rings. The van der Waals surface area contributed by atoms with Crippen molar-refractivity contribution in [2.75, 3.05) is 19.8 Å². The van der Waals surface area contributed by atoms with Crippen molar-refractivity contribution in [2.24, 2.45) is 0 Å². The minimum absolute atomic E-state index is 0.0282. The van der Waals surface area contributed by atoms with Gasteiger partial charge in [-0.15, -0.1) is 0 Å². The van der Waals surface area contributed by atoms with Crippen LogP contribution in [0, 0.1) is 0 Å². The lowest BCUT2D eigenvalue weighted by Crippen LogP contribution is -2.68. The van der Waals surface area contributed by atoms with Gasteiger partial charge in [0.25, 0.3) is 5.79 Å². The highest BCUT2D eigenvalue weighted by Crippen LogP contribution is 2.44. The maximum atomic E-state index is 15.2. The number of rotatable bonds is 78. The summed E-state index contributed by atoms with van der Waals surface area (Å²) in [4.78, 5) is 135. The van der Waals surface area contributed by atoms with Gasteiger partial charge in [0.05, 0.1) is 45.2 Å². The zero-order valence-electron chi connectivity index (χ0n) is 73.5. The number of aliphatic hydroxyl groups is 4. The van der Waals surface area contributed by atoms with E-state index in [0.29, 0.717) is 44.9 Å². The van der Waals surface area contributed by atoms with E-state index in [1.54, 1.807) is 0 Å². The number of hydrogen-bond acceptors (Lipinski definition) is 22. The lowest BCUT2D eigenvalue weighted by Gasteiger charge is -2.47. The molecule has 0 radical (unpaired) electrons. The van der Waals surface area contributed by atoms with Crippen molar-refractivity contribution in [3.8, 4) is 0 Å². The minimum atomic E-state index is -5.91. The van der Waals surface area contributed by atoms with E-state index in [2.05, 4.69) is 52.2 Å². The van der Waals surface area contributed by atoms with Crippen LogP contribution < -0.4 is 10.6 Å². The Morgan fingerprint density at radius 2 is 0.814 bits per heavy atom. The number of unbranched alkanes of at least 4 members (excludes halogenated alkanes) is 42. The Morgan fingerprint density at radius 3 is 1.16 bits per heavy atom. The Hall–Kier alpha value is -4.45. The molecule has 2 aliphatic rings. The summed E-state index contributed by atoms with van der Waals surface area (Å²) in [7, 11) is -5.91. The molecule has 2 aliphatic heterocycles. The van der Waals surface area contributed by atoms with Gasteiger partial charge in [0, 0.05) is 25.7 Å². The van der Waals surface area contributed by atoms with Gasteiger partial charge in [-0.3, -0.25) is 33.3 Å². The van der Waals surface area contributed by atoms with Gasteiger partial charge < -0.3 is 89.0 Å². The van der Waals surface area contributed by atoms with E-state index in [0.717, 1.165) is 263 Å². The maximum Gasteiger partial charge on any atom is 0.470 e. The third-order valence-corrected chi connectivity index (χ3v) is 22.9. The number of phosphoric ester groups is 1. The molecule has 2 amide bonds. The molecule has 0 bridgehead atoms. The molecule has 118 heavy (non-hydrogen) atoms. The van der Waals surface area contributed by atoms with Crippen molar-refractivity contribution < 1.29 is 126 Å². The number of esters is 4. The first kappa shape index (κ1) is 110. The number of nitrogens with one attached hydrogen (secondary N) is 2. The number of amides is 2. The lowest BCUT2D eigenvalue weighted by atomic mass is 9.92. The van der Waals surface area contributed by atoms with Crippen molar-refractivity contribution in [1.29, 1.82) is 0 Å². The monoisotopic (exact) mass is 1710 g/mol. The molecule has 9 unspecified atom stereocenters. The van der Waals surface area contributed by atoms with Crippen LogP contribution >= 0.6 is 7.82 Å². The van der Waals surface area contributed by atoms with Crippen LogP contribution in [-0.4, -0.2) is 193 Å². The second-order valence-electron chi connectivity index (χ2n) is 33.3. The molecule has 0 saturated carbocycles. The van der Waals surface area contributed by atoms with Crippen LogP contribution in [0.4, 0.5) is 0 Å². The molecule has 2 rings (SSSR count). The maximum absolute atomic E-state index is 15.2. The molecule has 28 nitrogen and oxygen atoms in total. The minimum Gasteiger partial charge on any atom is -0.480 e. The van der Waals surface area contributed by atoms with Gasteiger partial charge in [-0.1, -0.05) is 311 Å². The molecule has 690 valence electrons. The van der Waals surface area contributed by atoms with Crippen LogP contribution in [0.5, 0.6) is 0 Å². The van der Waals surface area contributed by atoms with Crippen molar-refractivity contribution >= 4 is 55.5 Å². The summed E-state index contributed by atoms with van der Waals surface area (Å²) in [5, 5.41) is 69.9. The fourth-order valence-electron chi connectivity index (χ4n) is 15.4. The SMILES string of the molecule is CCCCCCCCCCC[C@H](CC(=O)NC1C(OC[C@H](NC(=O)C[C@@H](CCCCCCCCCCC)OC(=O)CCCCCCCCC)C(=O)O)OC(COC2(C(=O)O)CC(O)C(O)C([C@H](O)CO)O2)C(OP(=O)(O)O)C1OC(=O)C[C@@H](CCCCCCCCCCC)OC(=O)CCCCCCCCC)OC(=O)CCCCCCCCC. The first-order valence-electron chi connectivity index (χ1n) is 46.6. The molecule has 10 N–H and O–H groups in total. The standard InChI is InChI=1S/C89H163N2O26P/c1-7-13-19-25-31-34-40-43-49-55-68(111-77(97)58-52-46-37-28-22-16-10-4)61-75(95)90-71(86(102)103)66-109-87-81(91-76(96)62-69(56-50-44-41-35-32-26-20-14-8-2)112-78(98)59-53-47-38-29-23-17-11-5)85(84(117-118(106,107)108)74(114-87)67-110-89(88(104)105)64-72(93)82(101)83(116-89)73(94)65-92)115-80(100)63-70(57-51-45-42-36-33-27-21-15-9-3)113-79(99)60-54-48-39-30-24-18-12-6/h68-74,81-85,87,92-94,101H,7-67H2,1-6H3,(H,90,95)(H,91,96)(H,102,103)(H,104,105)(H2,106,107,108)/t68-,69-,70-,71+,72?,73-,74?,81?,82?,83?,84?,85?,87?,89?/m1/s1. The van der Waals surface area contributed by atoms with Gasteiger partial charge in [0.15, 0.2) is 18.4 Å². The molecule has 0 spiro atoms. The number of carbonyl (C=O) groups excluding carboxylic acids is 6. The molecule has 2 heterocycles. The molecule has 0 aliphatic carbocycles. The van der Waals surface area contributed by atoms with Gasteiger partial charge >= 0.3 is 43.6 Å². The fraction of sp³-hybridized carbons (Fsp3) is 0.910. The number of carboxylic acid groups (broad SMARTS) is 2. The number of phosphoric acid groups is 1. The zero-order valence-corrected chi connectivity index (χ0v) is 74.4. The average molecular weight is 1710 g/mol. The van der Waals surface area contributed by atoms with Crippen LogP contribution in [0.1, 0.15) is 414 Å². The topological polar surface area (TPSA) is 423 Å². The van der Waals surface area contributed by atoms with Crippen molar-refractivity contribution in [2.45, 2.75) is 499 Å². The molecule has 0 aromatic heterocycles. The molecule has 2 saturated heterocycles. The van der Waals surface area contributed by atoms with E-state index in [9.17, 15) is 73.8 Å². The molecule has 14 atom stereocenters. The van der Waals surface area contributed by atoms with Gasteiger partial charge in [0.2, 0.25) is 11.8 Å². The van der Waals surface area contributed by atoms with E-state index in [4.69, 9.17) is 42.4 Å². The Balaban J connectivity index is 2.98. The van der Waals surface area contributed by atoms with E-state index in [1.165, 1.54) is 0 Å². The molecule has 0 aromatic carbocycles. The summed E-state index contributed by atoms with van der Waals surface area (Å²) in [6, 6.07) is -4.04. The third-order valence-electron chi connectivity index (χ3n) is 22.4. The molecular weight excluding hydrogens is 1540 g/mol. The summed E-state index contributed by atoms with van der Waals surface area (Å²) < 4.78 is 67.9. The highest BCUT2D eigenvalue weighted by atomic mass is 31.2. The van der Waals surface area contributed by atoms with Crippen LogP contribution in [0.15, 0.2) is 0 Å². The predicted octanol–water partition coefficient (Wildman–Crippen LogP) is 16.9. The summed E-state index contributed by atoms with van der Waals surface area (Å²) in [5.41, 5.74) is 0.